The zero-order valence-corrected chi connectivity index (χ0v) is 11.4. The molecule has 3 rings (SSSR count). The maximum Gasteiger partial charge on any atom is 0.0431 e. The van der Waals surface area contributed by atoms with Crippen molar-refractivity contribution >= 4 is 34.0 Å². The number of nitrogens with two attached hydrogens (primary N) is 2. The first-order valence-corrected chi connectivity index (χ1v) is 6.17. The zero-order chi connectivity index (χ0) is 12.5. The van der Waals surface area contributed by atoms with E-state index in [9.17, 15) is 0 Å². The smallest absolute Gasteiger partial charge is 0.0431 e. The molecule has 0 fully saturated rings. The first-order valence-electron chi connectivity index (χ1n) is 6.17. The van der Waals surface area contributed by atoms with Gasteiger partial charge in [-0.05, 0) is 33.2 Å². The third kappa shape index (κ3) is 2.30. The Labute approximate surface area is 118 Å². The lowest BCUT2D eigenvalue weighted by Gasteiger charge is -2.16. The Morgan fingerprint density at radius 3 is 1.79 bits per heavy atom. The number of halogens is 1. The summed E-state index contributed by atoms with van der Waals surface area (Å²) in [4.78, 5) is 0. The van der Waals surface area contributed by atoms with Crippen LogP contribution in [-0.4, -0.2) is 6.54 Å². The van der Waals surface area contributed by atoms with Crippen LogP contribution in [0.4, 0.5) is 0 Å². The quantitative estimate of drug-likeness (QED) is 0.703. The van der Waals surface area contributed by atoms with Crippen LogP contribution in [0.2, 0.25) is 0 Å². The molecule has 19 heavy (non-hydrogen) atoms. The molecule has 0 aliphatic rings. The van der Waals surface area contributed by atoms with Crippen LogP contribution in [0.3, 0.4) is 0 Å². The molecule has 0 amide bonds. The molecule has 1 atom stereocenters. The minimum atomic E-state index is -0.124. The van der Waals surface area contributed by atoms with E-state index in [1.54, 1.807) is 0 Å². The predicted octanol–water partition coefficient (Wildman–Crippen LogP) is 3.37. The van der Waals surface area contributed by atoms with Crippen molar-refractivity contribution in [1.82, 2.24) is 0 Å². The molecule has 3 aromatic rings. The standard InChI is InChI=1S/C16H16N2.ClH/c17-10-15(18)16-13-7-3-1-5-11(13)9-12-6-2-4-8-14(12)16;/h1-9,15H,10,17-18H2;1H/t15-;/m1./s1. The fraction of sp³-hybridized carbons (Fsp3) is 0.125. The Bertz CT molecular complexity index is 655. The Kier molecular flexibility index (Phi) is 4.05. The molecule has 0 spiro atoms. The number of hydrogen-bond acceptors (Lipinski definition) is 2. The maximum atomic E-state index is 6.20. The Morgan fingerprint density at radius 1 is 0.842 bits per heavy atom. The molecule has 0 saturated heterocycles. The molecule has 0 saturated carbocycles. The van der Waals surface area contributed by atoms with Gasteiger partial charge >= 0.3 is 0 Å². The SMILES string of the molecule is Cl.NC[C@@H](N)c1c2ccccc2cc2ccccc12. The number of rotatable bonds is 2. The lowest BCUT2D eigenvalue weighted by Crippen LogP contribution is -2.21. The van der Waals surface area contributed by atoms with Gasteiger partial charge in [0.25, 0.3) is 0 Å². The highest BCUT2D eigenvalue weighted by atomic mass is 35.5. The first kappa shape index (κ1) is 13.8. The Hall–Kier alpha value is -1.61. The van der Waals surface area contributed by atoms with Crippen molar-refractivity contribution in [2.45, 2.75) is 6.04 Å². The molecule has 0 unspecified atom stereocenters. The lowest BCUT2D eigenvalue weighted by molar-refractivity contribution is 0.749. The summed E-state index contributed by atoms with van der Waals surface area (Å²) in [6.07, 6.45) is 0. The summed E-state index contributed by atoms with van der Waals surface area (Å²) in [5.74, 6) is 0. The van der Waals surface area contributed by atoms with Gasteiger partial charge in [0.05, 0.1) is 0 Å². The van der Waals surface area contributed by atoms with Crippen LogP contribution >= 0.6 is 12.4 Å². The Balaban J connectivity index is 0.00000133. The van der Waals surface area contributed by atoms with Gasteiger partial charge in [-0.15, -0.1) is 12.4 Å². The predicted molar refractivity (Wildman–Crippen MR) is 84.7 cm³/mol. The zero-order valence-electron chi connectivity index (χ0n) is 10.5. The van der Waals surface area contributed by atoms with E-state index < -0.39 is 0 Å². The van der Waals surface area contributed by atoms with Crippen LogP contribution in [0.1, 0.15) is 11.6 Å². The van der Waals surface area contributed by atoms with E-state index in [1.165, 1.54) is 21.5 Å². The van der Waals surface area contributed by atoms with Crippen molar-refractivity contribution < 1.29 is 0 Å². The molecule has 0 bridgehead atoms. The van der Waals surface area contributed by atoms with E-state index in [-0.39, 0.29) is 18.4 Å². The molecule has 0 radical (unpaired) electrons. The fourth-order valence-electron chi connectivity index (χ4n) is 2.57. The maximum absolute atomic E-state index is 6.20. The largest absolute Gasteiger partial charge is 0.329 e. The van der Waals surface area contributed by atoms with Crippen molar-refractivity contribution in [2.24, 2.45) is 11.5 Å². The minimum Gasteiger partial charge on any atom is -0.329 e. The first-order chi connectivity index (χ1) is 8.81. The molecule has 98 valence electrons. The van der Waals surface area contributed by atoms with Crippen molar-refractivity contribution in [3.63, 3.8) is 0 Å². The van der Waals surface area contributed by atoms with Crippen molar-refractivity contribution in [3.05, 3.63) is 60.2 Å². The second kappa shape index (κ2) is 5.57. The van der Waals surface area contributed by atoms with E-state index in [1.807, 2.05) is 12.1 Å². The second-order valence-electron chi connectivity index (χ2n) is 4.57. The molecule has 2 nitrogen and oxygen atoms in total. The molecular weight excluding hydrogens is 256 g/mol. The highest BCUT2D eigenvalue weighted by molar-refractivity contribution is 6.02. The van der Waals surface area contributed by atoms with Gasteiger partial charge in [-0.25, -0.2) is 0 Å². The average molecular weight is 273 g/mol. The van der Waals surface area contributed by atoms with Crippen LogP contribution in [0.15, 0.2) is 54.6 Å². The lowest BCUT2D eigenvalue weighted by atomic mass is 9.92. The summed E-state index contributed by atoms with van der Waals surface area (Å²) in [5, 5.41) is 4.84. The van der Waals surface area contributed by atoms with Crippen LogP contribution in [0.5, 0.6) is 0 Å². The molecule has 0 heterocycles. The summed E-state index contributed by atoms with van der Waals surface area (Å²) in [7, 11) is 0. The van der Waals surface area contributed by atoms with Gasteiger partial charge < -0.3 is 11.5 Å². The molecule has 0 aliphatic carbocycles. The van der Waals surface area contributed by atoms with Gasteiger partial charge in [-0.3, -0.25) is 0 Å². The summed E-state index contributed by atoms with van der Waals surface area (Å²) >= 11 is 0. The molecular formula is C16H17ClN2. The van der Waals surface area contributed by atoms with Gasteiger partial charge in [-0.1, -0.05) is 48.5 Å². The number of hydrogen-bond donors (Lipinski definition) is 2. The van der Waals surface area contributed by atoms with Crippen LogP contribution < -0.4 is 11.5 Å². The van der Waals surface area contributed by atoms with E-state index >= 15 is 0 Å². The normalized spacial score (nSPS) is 12.3. The number of benzene rings is 3. The highest BCUT2D eigenvalue weighted by Crippen LogP contribution is 2.31. The van der Waals surface area contributed by atoms with Crippen molar-refractivity contribution in [2.75, 3.05) is 6.54 Å². The van der Waals surface area contributed by atoms with E-state index in [2.05, 4.69) is 42.5 Å². The minimum absolute atomic E-state index is 0. The number of fused-ring (bicyclic) bond motifs is 2. The van der Waals surface area contributed by atoms with Crippen molar-refractivity contribution in [3.8, 4) is 0 Å². The van der Waals surface area contributed by atoms with Crippen LogP contribution in [-0.2, 0) is 0 Å². The second-order valence-corrected chi connectivity index (χ2v) is 4.57. The monoisotopic (exact) mass is 272 g/mol. The molecule has 3 aromatic carbocycles. The van der Waals surface area contributed by atoms with Crippen LogP contribution in [0.25, 0.3) is 21.5 Å². The summed E-state index contributed by atoms with van der Waals surface area (Å²) in [6.45, 7) is 0.456. The molecule has 0 aliphatic heterocycles. The topological polar surface area (TPSA) is 52.0 Å². The third-order valence-electron chi connectivity index (χ3n) is 3.44. The van der Waals surface area contributed by atoms with Gasteiger partial charge in [0.2, 0.25) is 0 Å². The van der Waals surface area contributed by atoms with Gasteiger partial charge in [-0.2, -0.15) is 0 Å². The molecule has 0 aromatic heterocycles. The fourth-order valence-corrected chi connectivity index (χ4v) is 2.57. The van der Waals surface area contributed by atoms with E-state index in [0.29, 0.717) is 6.54 Å². The highest BCUT2D eigenvalue weighted by Gasteiger charge is 2.12. The van der Waals surface area contributed by atoms with Gasteiger partial charge in [0, 0.05) is 12.6 Å². The summed E-state index contributed by atoms with van der Waals surface area (Å²) < 4.78 is 0. The van der Waals surface area contributed by atoms with Gasteiger partial charge in [0.1, 0.15) is 0 Å². The van der Waals surface area contributed by atoms with Crippen molar-refractivity contribution in [1.29, 1.82) is 0 Å². The summed E-state index contributed by atoms with van der Waals surface area (Å²) in [5.41, 5.74) is 13.1. The van der Waals surface area contributed by atoms with E-state index in [4.69, 9.17) is 11.5 Å². The summed E-state index contributed by atoms with van der Waals surface area (Å²) in [6, 6.07) is 18.7. The van der Waals surface area contributed by atoms with Gasteiger partial charge in [0.15, 0.2) is 0 Å². The van der Waals surface area contributed by atoms with E-state index in [0.717, 1.165) is 5.56 Å². The average Bonchev–Trinajstić information content (AvgIpc) is 2.44. The Morgan fingerprint density at radius 2 is 1.32 bits per heavy atom. The van der Waals surface area contributed by atoms with Crippen LogP contribution in [0, 0.1) is 0 Å². The third-order valence-corrected chi connectivity index (χ3v) is 3.44. The molecule has 4 N–H and O–H groups in total. The molecule has 3 heteroatoms.